The van der Waals surface area contributed by atoms with Crippen molar-refractivity contribution in [3.05, 3.63) is 41.2 Å². The lowest BCUT2D eigenvalue weighted by atomic mass is 10.1. The van der Waals surface area contributed by atoms with E-state index in [1.165, 1.54) is 0 Å². The topological polar surface area (TPSA) is 143 Å². The van der Waals surface area contributed by atoms with Crippen LogP contribution in [0, 0.1) is 11.8 Å². The molecule has 0 spiro atoms. The molecule has 10 nitrogen and oxygen atoms in total. The number of hydrogen-bond acceptors (Lipinski definition) is 8. The molecule has 1 fully saturated rings. The summed E-state index contributed by atoms with van der Waals surface area (Å²) in [6, 6.07) is 7.59. The van der Waals surface area contributed by atoms with Gasteiger partial charge in [0.15, 0.2) is 17.3 Å². The van der Waals surface area contributed by atoms with E-state index in [4.69, 9.17) is 10.5 Å². The summed E-state index contributed by atoms with van der Waals surface area (Å²) in [5.41, 5.74) is 7.80. The smallest absolute Gasteiger partial charge is 0.271 e. The van der Waals surface area contributed by atoms with Crippen molar-refractivity contribution in [2.75, 3.05) is 44.0 Å². The first-order chi connectivity index (χ1) is 16.5. The van der Waals surface area contributed by atoms with Gasteiger partial charge in [0.25, 0.3) is 5.91 Å². The molecule has 2 heterocycles. The molecule has 0 radical (unpaired) electrons. The number of carbonyl (C=O) groups is 2. The quantitative estimate of drug-likeness (QED) is 0.347. The molecule has 2 amide bonds. The molecule has 1 aliphatic heterocycles. The van der Waals surface area contributed by atoms with E-state index < -0.39 is 5.91 Å². The maximum Gasteiger partial charge on any atom is 0.271 e. The predicted octanol–water partition coefficient (Wildman–Crippen LogP) is 1.16. The first-order valence-electron chi connectivity index (χ1n) is 11.3. The van der Waals surface area contributed by atoms with Crippen molar-refractivity contribution < 1.29 is 14.3 Å². The van der Waals surface area contributed by atoms with Crippen LogP contribution in [-0.2, 0) is 16.0 Å². The molecule has 0 atom stereocenters. The number of carbonyl (C=O) groups excluding carboxylic acids is 2. The van der Waals surface area contributed by atoms with Gasteiger partial charge < -0.3 is 31.7 Å². The fourth-order valence-corrected chi connectivity index (χ4v) is 3.45. The Bertz CT molecular complexity index is 1070. The molecule has 0 saturated carbocycles. The van der Waals surface area contributed by atoms with Crippen molar-refractivity contribution in [3.63, 3.8) is 0 Å². The number of hydrogen-bond donors (Lipinski definition) is 5. The molecule has 3 rings (SSSR count). The van der Waals surface area contributed by atoms with Gasteiger partial charge in [-0.25, -0.2) is 9.97 Å². The first kappa shape index (κ1) is 25.0. The zero-order valence-corrected chi connectivity index (χ0v) is 19.5. The third-order valence-electron chi connectivity index (χ3n) is 5.17. The van der Waals surface area contributed by atoms with E-state index in [1.807, 2.05) is 31.2 Å². The highest BCUT2D eigenvalue weighted by molar-refractivity contribution is 5.96. The summed E-state index contributed by atoms with van der Waals surface area (Å²) in [5.74, 6) is 6.07. The summed E-state index contributed by atoms with van der Waals surface area (Å²) in [6.07, 6.45) is 2.36. The molecule has 0 aliphatic carbocycles. The van der Waals surface area contributed by atoms with Crippen LogP contribution in [0.25, 0.3) is 0 Å². The average Bonchev–Trinajstić information content (AvgIpc) is 2.83. The molecule has 1 aliphatic rings. The van der Waals surface area contributed by atoms with Gasteiger partial charge in [0.2, 0.25) is 5.91 Å². The molecule has 0 bridgehead atoms. The van der Waals surface area contributed by atoms with Crippen LogP contribution in [0.5, 0.6) is 0 Å². The normalized spacial score (nSPS) is 13.5. The zero-order chi connectivity index (χ0) is 24.3. The minimum atomic E-state index is -0.657. The van der Waals surface area contributed by atoms with Crippen LogP contribution in [-0.4, -0.2) is 61.2 Å². The van der Waals surface area contributed by atoms with Crippen molar-refractivity contribution in [1.29, 1.82) is 0 Å². The van der Waals surface area contributed by atoms with Gasteiger partial charge in [0, 0.05) is 30.5 Å². The molecule has 10 heteroatoms. The van der Waals surface area contributed by atoms with E-state index in [2.05, 4.69) is 43.1 Å². The lowest BCUT2D eigenvalue weighted by Crippen LogP contribution is -2.32. The van der Waals surface area contributed by atoms with Gasteiger partial charge in [-0.15, -0.1) is 0 Å². The highest BCUT2D eigenvalue weighted by Gasteiger charge is 2.20. The number of rotatable bonds is 9. The zero-order valence-electron chi connectivity index (χ0n) is 19.5. The van der Waals surface area contributed by atoms with Crippen molar-refractivity contribution in [2.24, 2.45) is 5.73 Å². The predicted molar refractivity (Wildman–Crippen MR) is 131 cm³/mol. The second-order valence-corrected chi connectivity index (χ2v) is 7.78. The van der Waals surface area contributed by atoms with E-state index >= 15 is 0 Å². The number of ether oxygens (including phenoxy) is 1. The van der Waals surface area contributed by atoms with Crippen LogP contribution in [0.3, 0.4) is 0 Å². The van der Waals surface area contributed by atoms with Gasteiger partial charge in [-0.05, 0) is 44.5 Å². The summed E-state index contributed by atoms with van der Waals surface area (Å²) in [6.45, 7) is 3.84. The van der Waals surface area contributed by atoms with Crippen molar-refractivity contribution in [2.45, 2.75) is 32.2 Å². The number of aryl methyl sites for hydroxylation is 1. The lowest BCUT2D eigenvalue weighted by Gasteiger charge is -2.25. The molecular formula is C24H31N7O3. The minimum Gasteiger partial charge on any atom is -0.381 e. The molecule has 1 aromatic carbocycles. The van der Waals surface area contributed by atoms with Crippen LogP contribution in [0.1, 0.15) is 41.5 Å². The van der Waals surface area contributed by atoms with Gasteiger partial charge in [-0.3, -0.25) is 9.59 Å². The SMILES string of the molecule is CCc1nc(C(N)=O)c(Nc2cccc(C#CCNC(=O)CNC)c2)nc1NC1CCOCC1. The Hall–Kier alpha value is -3.68. The summed E-state index contributed by atoms with van der Waals surface area (Å²) in [7, 11) is 1.71. The molecule has 1 aromatic heterocycles. The van der Waals surface area contributed by atoms with E-state index in [1.54, 1.807) is 7.05 Å². The van der Waals surface area contributed by atoms with Crippen LogP contribution < -0.4 is 27.0 Å². The number of benzene rings is 1. The first-order valence-corrected chi connectivity index (χ1v) is 11.3. The fourth-order valence-electron chi connectivity index (χ4n) is 3.45. The highest BCUT2D eigenvalue weighted by Crippen LogP contribution is 2.24. The largest absolute Gasteiger partial charge is 0.381 e. The van der Waals surface area contributed by atoms with Gasteiger partial charge in [0.05, 0.1) is 18.8 Å². The Morgan fingerprint density at radius 3 is 2.71 bits per heavy atom. The van der Waals surface area contributed by atoms with Gasteiger partial charge >= 0.3 is 0 Å². The summed E-state index contributed by atoms with van der Waals surface area (Å²) >= 11 is 0. The Labute approximate surface area is 199 Å². The monoisotopic (exact) mass is 465 g/mol. The van der Waals surface area contributed by atoms with Crippen LogP contribution in [0.2, 0.25) is 0 Å². The van der Waals surface area contributed by atoms with E-state index in [0.717, 1.165) is 18.4 Å². The number of amides is 2. The Balaban J connectivity index is 1.79. The summed E-state index contributed by atoms with van der Waals surface area (Å²) < 4.78 is 5.43. The van der Waals surface area contributed by atoms with E-state index in [9.17, 15) is 9.59 Å². The number of aromatic nitrogens is 2. The van der Waals surface area contributed by atoms with Crippen LogP contribution in [0.15, 0.2) is 24.3 Å². The molecule has 34 heavy (non-hydrogen) atoms. The van der Waals surface area contributed by atoms with Gasteiger partial charge in [0.1, 0.15) is 0 Å². The van der Waals surface area contributed by atoms with E-state index in [-0.39, 0.29) is 36.6 Å². The number of nitrogens with one attached hydrogen (secondary N) is 4. The van der Waals surface area contributed by atoms with Crippen molar-refractivity contribution in [3.8, 4) is 11.8 Å². The van der Waals surface area contributed by atoms with Crippen molar-refractivity contribution >= 4 is 29.1 Å². The molecular weight excluding hydrogens is 434 g/mol. The minimum absolute atomic E-state index is 0.0816. The highest BCUT2D eigenvalue weighted by atomic mass is 16.5. The Morgan fingerprint density at radius 2 is 2.00 bits per heavy atom. The van der Waals surface area contributed by atoms with Gasteiger partial charge in [-0.1, -0.05) is 24.8 Å². The second-order valence-electron chi connectivity index (χ2n) is 7.78. The average molecular weight is 466 g/mol. The molecule has 6 N–H and O–H groups in total. The third kappa shape index (κ3) is 7.16. The van der Waals surface area contributed by atoms with Crippen LogP contribution in [0.4, 0.5) is 17.3 Å². The number of nitrogens with two attached hydrogens (primary N) is 1. The molecule has 0 unspecified atom stereocenters. The molecule has 180 valence electrons. The standard InChI is InChI=1S/C24H31N7O3/c1-3-19-23(28-17-9-12-34-13-10-17)31-24(21(30-19)22(25)33)29-18-8-4-6-16(14-18)7-5-11-27-20(32)15-26-2/h4,6,8,14,17,26H,3,9-13,15H2,1-2H3,(H2,25,33)(H,27,32)(H2,28,29,31). The lowest BCUT2D eigenvalue weighted by molar-refractivity contribution is -0.119. The van der Waals surface area contributed by atoms with Gasteiger partial charge in [-0.2, -0.15) is 0 Å². The maximum absolute atomic E-state index is 12.1. The molecule has 1 saturated heterocycles. The molecule has 2 aromatic rings. The number of anilines is 3. The Morgan fingerprint density at radius 1 is 1.21 bits per heavy atom. The maximum atomic E-state index is 12.1. The number of primary amides is 1. The Kier molecular flexibility index (Phi) is 9.20. The van der Waals surface area contributed by atoms with Crippen LogP contribution >= 0.6 is 0 Å². The van der Waals surface area contributed by atoms with E-state index in [0.29, 0.717) is 36.8 Å². The third-order valence-corrected chi connectivity index (χ3v) is 5.17. The number of nitrogens with zero attached hydrogens (tertiary/aromatic N) is 2. The summed E-state index contributed by atoms with van der Waals surface area (Å²) in [5, 5.41) is 12.1. The fraction of sp³-hybridized carbons (Fsp3) is 0.417. The second kappa shape index (κ2) is 12.5. The summed E-state index contributed by atoms with van der Waals surface area (Å²) in [4.78, 5) is 32.8. The number of likely N-dealkylation sites (N-methyl/N-ethyl adjacent to an activating group) is 1. The van der Waals surface area contributed by atoms with Crippen molar-refractivity contribution in [1.82, 2.24) is 20.6 Å².